The maximum absolute atomic E-state index is 13.9. The molecule has 0 radical (unpaired) electrons. The number of amides is 1. The van der Waals surface area contributed by atoms with Crippen molar-refractivity contribution in [2.45, 2.75) is 44.4 Å². The van der Waals surface area contributed by atoms with E-state index in [1.165, 1.54) is 12.1 Å². The van der Waals surface area contributed by atoms with Crippen molar-refractivity contribution in [2.24, 2.45) is 5.92 Å². The lowest BCUT2D eigenvalue weighted by molar-refractivity contribution is -0.384. The van der Waals surface area contributed by atoms with Gasteiger partial charge in [0.25, 0.3) is 5.69 Å². The maximum atomic E-state index is 13.9. The Kier molecular flexibility index (Phi) is 9.93. The fourth-order valence-corrected chi connectivity index (χ4v) is 10.4. The zero-order valence-corrected chi connectivity index (χ0v) is 25.3. The molecule has 4 rings (SSSR count). The first-order valence-corrected chi connectivity index (χ1v) is 16.0. The number of ether oxygens (including phenoxy) is 1. The number of alkyl halides is 3. The molecule has 1 amide bonds. The van der Waals surface area contributed by atoms with Gasteiger partial charge in [0, 0.05) is 38.4 Å². The Balaban J connectivity index is 1.41. The number of benzene rings is 3. The van der Waals surface area contributed by atoms with E-state index in [0.29, 0.717) is 19.6 Å². The van der Waals surface area contributed by atoms with Crippen LogP contribution in [0.5, 0.6) is 5.75 Å². The van der Waals surface area contributed by atoms with Gasteiger partial charge in [0.2, 0.25) is 0 Å². The third-order valence-corrected chi connectivity index (χ3v) is 12.8. The van der Waals surface area contributed by atoms with Gasteiger partial charge in [0.1, 0.15) is 5.75 Å². The van der Waals surface area contributed by atoms with Gasteiger partial charge >= 0.3 is 12.3 Å². The van der Waals surface area contributed by atoms with E-state index in [2.05, 4.69) is 50.4 Å². The van der Waals surface area contributed by atoms with Gasteiger partial charge in [-0.1, -0.05) is 81.4 Å². The van der Waals surface area contributed by atoms with Crippen LogP contribution in [-0.4, -0.2) is 62.7 Å². The molecule has 0 bridgehead atoms. The molecule has 12 heteroatoms. The lowest BCUT2D eigenvalue weighted by atomic mass is 10.0. The van der Waals surface area contributed by atoms with Crippen LogP contribution >= 0.6 is 0 Å². The third-order valence-electron chi connectivity index (χ3n) is 7.73. The van der Waals surface area contributed by atoms with Crippen molar-refractivity contribution in [3.63, 3.8) is 0 Å². The van der Waals surface area contributed by atoms with E-state index in [4.69, 9.17) is 9.16 Å². The zero-order chi connectivity index (χ0) is 31.3. The largest absolute Gasteiger partial charge is 0.558 e. The Morgan fingerprint density at radius 3 is 2.00 bits per heavy atom. The van der Waals surface area contributed by atoms with Crippen LogP contribution < -0.4 is 20.4 Å². The second kappa shape index (κ2) is 13.3. The van der Waals surface area contributed by atoms with Crippen LogP contribution in [0, 0.1) is 16.0 Å². The van der Waals surface area contributed by atoms with E-state index < -0.39 is 37.5 Å². The summed E-state index contributed by atoms with van der Waals surface area (Å²) in [5.74, 6) is -1.78. The quantitative estimate of drug-likeness (QED) is 0.140. The van der Waals surface area contributed by atoms with Gasteiger partial charge in [-0.3, -0.25) is 10.1 Å². The van der Waals surface area contributed by atoms with Crippen LogP contribution in [0.25, 0.3) is 0 Å². The minimum Gasteiger partial charge on any atom is -0.558 e. The van der Waals surface area contributed by atoms with Crippen molar-refractivity contribution in [1.29, 1.82) is 0 Å². The summed E-state index contributed by atoms with van der Waals surface area (Å²) in [6, 6.07) is 23.8. The number of carbonyl (C=O) groups is 1. The summed E-state index contributed by atoms with van der Waals surface area (Å²) in [4.78, 5) is 24.3. The molecule has 2 unspecified atom stereocenters. The number of carbonyl (C=O) groups excluding carboxylic acids is 1. The highest BCUT2D eigenvalue weighted by Crippen LogP contribution is 2.37. The highest BCUT2D eigenvalue weighted by molar-refractivity contribution is 6.99. The van der Waals surface area contributed by atoms with Crippen LogP contribution in [-0.2, 0) is 4.43 Å². The lowest BCUT2D eigenvalue weighted by Crippen LogP contribution is -2.66. The van der Waals surface area contributed by atoms with E-state index >= 15 is 0 Å². The van der Waals surface area contributed by atoms with Crippen molar-refractivity contribution in [3.8, 4) is 5.75 Å². The Labute approximate surface area is 250 Å². The van der Waals surface area contributed by atoms with Crippen LogP contribution in [0.15, 0.2) is 84.9 Å². The van der Waals surface area contributed by atoms with Gasteiger partial charge in [-0.25, -0.2) is 4.79 Å². The van der Waals surface area contributed by atoms with Crippen LogP contribution in [0.1, 0.15) is 27.2 Å². The first-order valence-electron chi connectivity index (χ1n) is 14.1. The number of nitrogens with one attached hydrogen (secondary N) is 1. The SMILES string of the molecule is CC(C)(C)[Si-](OCCCN1CC(NC(=O)Oc2ccc([N+](=O)[O-])cc2)C(C(F)(F)F)C1)(c1ccccc1)c1ccccc1. The molecule has 2 atom stereocenters. The standard InChI is InChI=1S/C31H36F3N3O5Si/c1-30(2,3)43(25-11-6-4-7-12-25,26-13-8-5-9-14-26)41-20-10-19-36-21-27(31(32,33)34)28(22-36)35-29(38)42-24-17-15-23(16-18-24)37(39)40/h4-9,11-18,27-28H,10,19-22H2,1-3H3,(H,35,38)/q-1. The average Bonchev–Trinajstić information content (AvgIpc) is 3.36. The predicted molar refractivity (Wildman–Crippen MR) is 160 cm³/mol. The fraction of sp³-hybridized carbons (Fsp3) is 0.387. The van der Waals surface area contributed by atoms with E-state index in [0.717, 1.165) is 22.5 Å². The predicted octanol–water partition coefficient (Wildman–Crippen LogP) is 5.51. The topological polar surface area (TPSA) is 93.9 Å². The molecule has 1 aliphatic heterocycles. The molecule has 1 aliphatic rings. The Hall–Kier alpha value is -3.74. The van der Waals surface area contributed by atoms with Crippen LogP contribution in [0.4, 0.5) is 23.7 Å². The zero-order valence-electron chi connectivity index (χ0n) is 24.3. The summed E-state index contributed by atoms with van der Waals surface area (Å²) in [6.45, 7) is 6.96. The van der Waals surface area contributed by atoms with Gasteiger partial charge in [-0.2, -0.15) is 23.5 Å². The molecule has 43 heavy (non-hydrogen) atoms. The molecule has 0 saturated carbocycles. The molecule has 0 aliphatic carbocycles. The molecule has 1 N–H and O–H groups in total. The average molecular weight is 616 g/mol. The van der Waals surface area contributed by atoms with Crippen LogP contribution in [0.2, 0.25) is 5.04 Å². The number of hydrogen-bond acceptors (Lipinski definition) is 6. The normalized spacial score (nSPS) is 17.9. The molecule has 8 nitrogen and oxygen atoms in total. The minimum absolute atomic E-state index is 0.00124. The molecule has 0 spiro atoms. The number of likely N-dealkylation sites (tertiary alicyclic amines) is 1. The van der Waals surface area contributed by atoms with Crippen molar-refractivity contribution in [2.75, 3.05) is 26.2 Å². The first-order chi connectivity index (χ1) is 20.3. The number of halogens is 3. The van der Waals surface area contributed by atoms with E-state index in [-0.39, 0.29) is 29.6 Å². The highest BCUT2D eigenvalue weighted by Gasteiger charge is 2.50. The van der Waals surface area contributed by atoms with E-state index in [9.17, 15) is 28.1 Å². The van der Waals surface area contributed by atoms with E-state index in [1.807, 2.05) is 36.4 Å². The van der Waals surface area contributed by atoms with Gasteiger partial charge in [-0.15, -0.1) is 5.04 Å². The van der Waals surface area contributed by atoms with Crippen molar-refractivity contribution in [1.82, 2.24) is 10.2 Å². The second-order valence-corrected chi connectivity index (χ2v) is 16.0. The highest BCUT2D eigenvalue weighted by atomic mass is 28.4. The van der Waals surface area contributed by atoms with Gasteiger partial charge in [0.05, 0.1) is 25.2 Å². The number of rotatable bonds is 10. The Bertz CT molecular complexity index is 1330. The molecule has 0 aromatic heterocycles. The Morgan fingerprint density at radius 2 is 1.51 bits per heavy atom. The molecule has 1 fully saturated rings. The number of non-ortho nitro benzene ring substituents is 1. The molecular weight excluding hydrogens is 579 g/mol. The molecular formula is C31H36F3N3O5Si-. The van der Waals surface area contributed by atoms with Crippen molar-refractivity contribution >= 4 is 30.5 Å². The summed E-state index contributed by atoms with van der Waals surface area (Å²) in [5, 5.41) is 15.2. The summed E-state index contributed by atoms with van der Waals surface area (Å²) >= 11 is 0. The maximum Gasteiger partial charge on any atom is 0.412 e. The number of nitro benzene ring substituents is 1. The minimum atomic E-state index is -4.52. The molecule has 231 valence electrons. The molecule has 1 saturated heterocycles. The number of nitro groups is 1. The molecule has 3 aromatic rings. The Morgan fingerprint density at radius 1 is 0.953 bits per heavy atom. The number of nitrogens with zero attached hydrogens (tertiary/aromatic N) is 2. The summed E-state index contributed by atoms with van der Waals surface area (Å²) < 4.78 is 53.7. The first kappa shape index (κ1) is 32.2. The smallest absolute Gasteiger partial charge is 0.412 e. The number of hydrogen-bond donors (Lipinski definition) is 1. The fourth-order valence-electron chi connectivity index (χ4n) is 5.74. The summed E-state index contributed by atoms with van der Waals surface area (Å²) in [6.07, 6.45) is -5.06. The second-order valence-electron chi connectivity index (χ2n) is 11.7. The summed E-state index contributed by atoms with van der Waals surface area (Å²) in [7, 11) is -2.76. The van der Waals surface area contributed by atoms with Crippen molar-refractivity contribution < 1.29 is 32.1 Å². The summed E-state index contributed by atoms with van der Waals surface area (Å²) in [5.41, 5.74) is -0.199. The lowest BCUT2D eigenvalue weighted by Gasteiger charge is -2.55. The third kappa shape index (κ3) is 7.62. The molecule has 1 heterocycles. The molecule has 3 aromatic carbocycles. The monoisotopic (exact) mass is 615 g/mol. The van der Waals surface area contributed by atoms with Gasteiger partial charge < -0.3 is 19.4 Å². The van der Waals surface area contributed by atoms with Crippen LogP contribution in [0.3, 0.4) is 0 Å². The van der Waals surface area contributed by atoms with Crippen molar-refractivity contribution in [3.05, 3.63) is 95.0 Å². The van der Waals surface area contributed by atoms with Gasteiger partial charge in [-0.05, 0) is 18.6 Å². The van der Waals surface area contributed by atoms with E-state index in [1.54, 1.807) is 4.90 Å². The van der Waals surface area contributed by atoms with Gasteiger partial charge in [0.15, 0.2) is 0 Å².